The number of carbonyl (C=O) groups excluding carboxylic acids is 3. The summed E-state index contributed by atoms with van der Waals surface area (Å²) in [6, 6.07) is 10.2. The van der Waals surface area contributed by atoms with Gasteiger partial charge in [0.25, 0.3) is 0 Å². The zero-order valence-corrected chi connectivity index (χ0v) is 23.0. The third kappa shape index (κ3) is 6.43. The van der Waals surface area contributed by atoms with Gasteiger partial charge in [0, 0.05) is 34.3 Å². The predicted octanol–water partition coefficient (Wildman–Crippen LogP) is 3.46. The Kier molecular flexibility index (Phi) is 8.50. The van der Waals surface area contributed by atoms with Crippen LogP contribution >= 0.6 is 0 Å². The van der Waals surface area contributed by atoms with E-state index < -0.39 is 28.7 Å². The number of rotatable bonds is 9. The second-order valence-electron chi connectivity index (χ2n) is 10.4. The van der Waals surface area contributed by atoms with Crippen LogP contribution in [0.25, 0.3) is 0 Å². The van der Waals surface area contributed by atoms with E-state index in [0.717, 1.165) is 56.9 Å². The molecule has 0 aromatic heterocycles. The molecular weight excluding hydrogens is 518 g/mol. The third-order valence-electron chi connectivity index (χ3n) is 7.60. The molecule has 0 bridgehead atoms. The van der Waals surface area contributed by atoms with Crippen LogP contribution in [0.1, 0.15) is 56.6 Å². The Morgan fingerprint density at radius 2 is 1.77 bits per heavy atom. The van der Waals surface area contributed by atoms with Gasteiger partial charge < -0.3 is 20.1 Å². The highest BCUT2D eigenvalue weighted by Gasteiger charge is 2.32. The Hall–Kier alpha value is -3.40. The van der Waals surface area contributed by atoms with Gasteiger partial charge in [0.15, 0.2) is 11.5 Å². The number of ether oxygens (including phenoxy) is 2. The van der Waals surface area contributed by atoms with Gasteiger partial charge in [0.2, 0.25) is 24.5 Å². The molecule has 2 aliphatic carbocycles. The van der Waals surface area contributed by atoms with E-state index in [1.165, 1.54) is 10.5 Å². The quantitative estimate of drug-likeness (QED) is 0.492. The molecule has 0 unspecified atom stereocenters. The second kappa shape index (κ2) is 12.2. The van der Waals surface area contributed by atoms with E-state index in [1.54, 1.807) is 25.1 Å². The molecule has 0 radical (unpaired) electrons. The van der Waals surface area contributed by atoms with Crippen molar-refractivity contribution in [3.63, 3.8) is 0 Å². The molecule has 1 fully saturated rings. The summed E-state index contributed by atoms with van der Waals surface area (Å²) in [6.07, 6.45) is 7.91. The van der Waals surface area contributed by atoms with Crippen LogP contribution in [-0.4, -0.2) is 52.3 Å². The maximum Gasteiger partial charge on any atom is 0.243 e. The largest absolute Gasteiger partial charge is 0.454 e. The van der Waals surface area contributed by atoms with E-state index >= 15 is 0 Å². The first-order valence-corrected chi connectivity index (χ1v) is 15.2. The van der Waals surface area contributed by atoms with Crippen molar-refractivity contribution < 1.29 is 28.1 Å². The molecule has 2 atom stereocenters. The maximum absolute atomic E-state index is 13.7. The molecule has 3 amide bonds. The molecule has 2 aromatic rings. The second-order valence-corrected chi connectivity index (χ2v) is 11.9. The molecule has 208 valence electrons. The summed E-state index contributed by atoms with van der Waals surface area (Å²) >= 11 is 0. The zero-order chi connectivity index (χ0) is 27.4. The minimum atomic E-state index is -1.77. The Bertz CT molecular complexity index is 1280. The lowest BCUT2D eigenvalue weighted by atomic mass is 9.89. The van der Waals surface area contributed by atoms with Crippen molar-refractivity contribution in [2.24, 2.45) is 0 Å². The molecule has 3 aliphatic rings. The lowest BCUT2D eigenvalue weighted by molar-refractivity contribution is -0.125. The maximum atomic E-state index is 13.7. The summed E-state index contributed by atoms with van der Waals surface area (Å²) in [5, 5.41) is 5.80. The van der Waals surface area contributed by atoms with Gasteiger partial charge >= 0.3 is 0 Å². The fourth-order valence-electron chi connectivity index (χ4n) is 5.63. The fraction of sp³-hybridized carbons (Fsp3) is 0.483. The van der Waals surface area contributed by atoms with Crippen LogP contribution < -0.4 is 25.0 Å². The highest BCUT2D eigenvalue weighted by molar-refractivity contribution is 7.86. The van der Waals surface area contributed by atoms with Crippen molar-refractivity contribution in [1.29, 1.82) is 0 Å². The summed E-state index contributed by atoms with van der Waals surface area (Å²) in [4.78, 5) is 41.1. The van der Waals surface area contributed by atoms with Crippen LogP contribution in [0.15, 0.2) is 36.4 Å². The van der Waals surface area contributed by atoms with Crippen molar-refractivity contribution in [3.8, 4) is 11.5 Å². The van der Waals surface area contributed by atoms with Crippen molar-refractivity contribution >= 4 is 39.9 Å². The number of anilines is 2. The monoisotopic (exact) mass is 553 g/mol. The number of hydrogen-bond acceptors (Lipinski definition) is 6. The van der Waals surface area contributed by atoms with E-state index in [0.29, 0.717) is 22.9 Å². The van der Waals surface area contributed by atoms with E-state index in [4.69, 9.17) is 9.47 Å². The van der Waals surface area contributed by atoms with Crippen LogP contribution in [0.4, 0.5) is 11.4 Å². The average Bonchev–Trinajstić information content (AvgIpc) is 3.60. The van der Waals surface area contributed by atoms with Gasteiger partial charge in [0.1, 0.15) is 17.5 Å². The normalized spacial score (nSPS) is 17.7. The highest BCUT2D eigenvalue weighted by Crippen LogP contribution is 2.34. The zero-order valence-electron chi connectivity index (χ0n) is 22.2. The van der Waals surface area contributed by atoms with E-state index in [1.807, 2.05) is 12.1 Å². The first-order valence-electron chi connectivity index (χ1n) is 13.7. The Morgan fingerprint density at radius 3 is 2.59 bits per heavy atom. The predicted molar refractivity (Wildman–Crippen MR) is 150 cm³/mol. The van der Waals surface area contributed by atoms with Gasteiger partial charge in [-0.15, -0.1) is 0 Å². The van der Waals surface area contributed by atoms with E-state index in [-0.39, 0.29) is 30.2 Å². The number of aryl methyl sites for hydroxylation is 1. The Labute approximate surface area is 231 Å². The minimum absolute atomic E-state index is 0.121. The van der Waals surface area contributed by atoms with Crippen LogP contribution in [0.3, 0.4) is 0 Å². The molecule has 2 N–H and O–H groups in total. The number of nitrogens with one attached hydrogen (secondary N) is 2. The first-order chi connectivity index (χ1) is 18.9. The Morgan fingerprint density at radius 1 is 1.00 bits per heavy atom. The van der Waals surface area contributed by atoms with Gasteiger partial charge in [0.05, 0.1) is 0 Å². The number of carbonyl (C=O) groups is 3. The molecule has 9 nitrogen and oxygen atoms in total. The van der Waals surface area contributed by atoms with Crippen LogP contribution in [0.5, 0.6) is 11.5 Å². The molecule has 5 rings (SSSR count). The van der Waals surface area contributed by atoms with Crippen LogP contribution in [0.2, 0.25) is 0 Å². The Balaban J connectivity index is 1.29. The standard InChI is InChI=1S/C29H35N3O6S/c1-19(29(35)31-21-9-3-4-10-21)32(24-12-6-8-20-7-2-5-11-23(20)24)28(34)17-39(36)16-27(33)30-22-13-14-25-26(15-22)38-18-37-25/h6,8,12-15,19,21H,2-5,7,9-11,16-18H2,1H3,(H,30,33)(H,31,35)/t19-,39-/m0/s1. The van der Waals surface area contributed by atoms with Gasteiger partial charge in [-0.2, -0.15) is 0 Å². The van der Waals surface area contributed by atoms with E-state index in [2.05, 4.69) is 16.7 Å². The third-order valence-corrected chi connectivity index (χ3v) is 8.75. The topological polar surface area (TPSA) is 114 Å². The lowest BCUT2D eigenvalue weighted by Crippen LogP contribution is -2.52. The van der Waals surface area contributed by atoms with Gasteiger partial charge in [-0.1, -0.05) is 25.0 Å². The van der Waals surface area contributed by atoms with Crippen LogP contribution in [0, 0.1) is 0 Å². The summed E-state index contributed by atoms with van der Waals surface area (Å²) in [5.41, 5.74) is 3.45. The van der Waals surface area contributed by atoms with Crippen molar-refractivity contribution in [2.45, 2.75) is 70.4 Å². The summed E-state index contributed by atoms with van der Waals surface area (Å²) in [5.74, 6) is -0.710. The minimum Gasteiger partial charge on any atom is -0.454 e. The summed E-state index contributed by atoms with van der Waals surface area (Å²) in [6.45, 7) is 1.84. The number of hydrogen-bond donors (Lipinski definition) is 2. The molecule has 2 aromatic carbocycles. The van der Waals surface area contributed by atoms with Gasteiger partial charge in [-0.05, 0) is 74.8 Å². The molecule has 10 heteroatoms. The molecule has 0 spiro atoms. The number of nitrogens with zero attached hydrogens (tertiary/aromatic N) is 1. The number of benzene rings is 2. The molecule has 0 saturated heterocycles. The average molecular weight is 554 g/mol. The SMILES string of the molecule is C[C@@H](C(=O)NC1CCCC1)N(C(=O)C[S@@](=O)CC(=O)Nc1ccc2c(c1)OCO2)c1cccc2c1CCCC2. The molecule has 1 aliphatic heterocycles. The molecule has 1 heterocycles. The molecule has 39 heavy (non-hydrogen) atoms. The number of amides is 3. The van der Waals surface area contributed by atoms with Gasteiger partial charge in [-0.25, -0.2) is 0 Å². The summed E-state index contributed by atoms with van der Waals surface area (Å²) < 4.78 is 23.6. The van der Waals surface area contributed by atoms with Crippen molar-refractivity contribution in [2.75, 3.05) is 28.5 Å². The lowest BCUT2D eigenvalue weighted by Gasteiger charge is -2.33. The smallest absolute Gasteiger partial charge is 0.243 e. The number of fused-ring (bicyclic) bond motifs is 2. The van der Waals surface area contributed by atoms with E-state index in [9.17, 15) is 18.6 Å². The van der Waals surface area contributed by atoms with Gasteiger partial charge in [-0.3, -0.25) is 23.5 Å². The van der Waals surface area contributed by atoms with Crippen molar-refractivity contribution in [1.82, 2.24) is 5.32 Å². The highest BCUT2D eigenvalue weighted by atomic mass is 32.2. The summed E-state index contributed by atoms with van der Waals surface area (Å²) in [7, 11) is -1.77. The van der Waals surface area contributed by atoms with Crippen LogP contribution in [-0.2, 0) is 38.0 Å². The van der Waals surface area contributed by atoms with Crippen molar-refractivity contribution in [3.05, 3.63) is 47.5 Å². The molecule has 1 saturated carbocycles. The first kappa shape index (κ1) is 27.2. The fourth-order valence-corrected chi connectivity index (χ4v) is 6.51. The molecular formula is C29H35N3O6S.